The van der Waals surface area contributed by atoms with E-state index >= 15 is 0 Å². The van der Waals surface area contributed by atoms with Crippen molar-refractivity contribution in [3.05, 3.63) is 11.9 Å². The van der Waals surface area contributed by atoms with E-state index in [1.165, 1.54) is 30.1 Å². The Morgan fingerprint density at radius 2 is 2.24 bits per heavy atom. The molecular formula is C13H19N5O3. The summed E-state index contributed by atoms with van der Waals surface area (Å²) in [5.74, 6) is 0.335. The lowest BCUT2D eigenvalue weighted by Gasteiger charge is -2.22. The minimum Gasteiger partial charge on any atom is -0.476 e. The molecule has 8 nitrogen and oxygen atoms in total. The lowest BCUT2D eigenvalue weighted by molar-refractivity contribution is 0.0690. The fourth-order valence-electron chi connectivity index (χ4n) is 3.43. The van der Waals surface area contributed by atoms with Gasteiger partial charge in [-0.2, -0.15) is 0 Å². The minimum atomic E-state index is -1.11. The quantitative estimate of drug-likeness (QED) is 0.731. The Morgan fingerprint density at radius 3 is 2.86 bits per heavy atom. The minimum absolute atomic E-state index is 0.0959. The first kappa shape index (κ1) is 13.8. The number of carboxylic acid groups (broad SMARTS) is 1. The lowest BCUT2D eigenvalue weighted by Crippen LogP contribution is -2.45. The summed E-state index contributed by atoms with van der Waals surface area (Å²) in [7, 11) is 0. The molecule has 2 saturated carbocycles. The van der Waals surface area contributed by atoms with E-state index < -0.39 is 5.97 Å². The molecule has 0 radical (unpaired) electrons. The third kappa shape index (κ3) is 3.14. The second-order valence-electron chi connectivity index (χ2n) is 5.85. The molecule has 114 valence electrons. The van der Waals surface area contributed by atoms with Gasteiger partial charge in [-0.25, -0.2) is 14.3 Å². The Labute approximate surface area is 121 Å². The second-order valence-corrected chi connectivity index (χ2v) is 5.85. The Bertz CT molecular complexity index is 544. The van der Waals surface area contributed by atoms with Crippen LogP contribution in [0.5, 0.6) is 0 Å². The summed E-state index contributed by atoms with van der Waals surface area (Å²) < 4.78 is 1.40. The van der Waals surface area contributed by atoms with Gasteiger partial charge >= 0.3 is 12.0 Å². The van der Waals surface area contributed by atoms with Gasteiger partial charge in [0, 0.05) is 12.6 Å². The van der Waals surface area contributed by atoms with Gasteiger partial charge in [0.15, 0.2) is 5.69 Å². The molecule has 3 atom stereocenters. The molecular weight excluding hydrogens is 274 g/mol. The van der Waals surface area contributed by atoms with Gasteiger partial charge in [0.25, 0.3) is 0 Å². The molecule has 3 unspecified atom stereocenters. The molecule has 0 spiro atoms. The van der Waals surface area contributed by atoms with Crippen molar-refractivity contribution < 1.29 is 14.7 Å². The topological polar surface area (TPSA) is 109 Å². The molecule has 2 aliphatic carbocycles. The van der Waals surface area contributed by atoms with Gasteiger partial charge in [-0.05, 0) is 31.1 Å². The Hall–Kier alpha value is -2.12. The number of hydrogen-bond acceptors (Lipinski definition) is 4. The van der Waals surface area contributed by atoms with Crippen LogP contribution in [-0.2, 0) is 6.54 Å². The largest absolute Gasteiger partial charge is 0.476 e. The fraction of sp³-hybridized carbons (Fsp3) is 0.692. The smallest absolute Gasteiger partial charge is 0.358 e. The number of carboxylic acids is 1. The zero-order valence-corrected chi connectivity index (χ0v) is 11.7. The standard InChI is InChI=1S/C13H19N5O3/c19-12(20)11-7-18(17-16-11)4-3-14-13(21)15-10-6-8-1-2-9(10)5-8/h7-10H,1-6H2,(H,19,20)(H2,14,15,21). The van der Waals surface area contributed by atoms with E-state index in [0.29, 0.717) is 25.0 Å². The summed E-state index contributed by atoms with van der Waals surface area (Å²) >= 11 is 0. The third-order valence-corrected chi connectivity index (χ3v) is 4.44. The number of amides is 2. The van der Waals surface area contributed by atoms with Crippen molar-refractivity contribution in [2.45, 2.75) is 38.3 Å². The Kier molecular flexibility index (Phi) is 3.76. The first-order valence-electron chi connectivity index (χ1n) is 7.29. The van der Waals surface area contributed by atoms with Crippen molar-refractivity contribution in [2.75, 3.05) is 6.54 Å². The molecule has 1 aromatic rings. The number of aromatic carboxylic acids is 1. The third-order valence-electron chi connectivity index (χ3n) is 4.44. The van der Waals surface area contributed by atoms with E-state index in [2.05, 4.69) is 20.9 Å². The fourth-order valence-corrected chi connectivity index (χ4v) is 3.43. The predicted octanol–water partition coefficient (Wildman–Crippen LogP) is 0.464. The first-order valence-corrected chi connectivity index (χ1v) is 7.29. The van der Waals surface area contributed by atoms with Crippen LogP contribution in [0.4, 0.5) is 4.79 Å². The van der Waals surface area contributed by atoms with Crippen LogP contribution in [0.3, 0.4) is 0 Å². The van der Waals surface area contributed by atoms with Gasteiger partial charge in [-0.1, -0.05) is 11.6 Å². The van der Waals surface area contributed by atoms with Crippen molar-refractivity contribution in [1.82, 2.24) is 25.6 Å². The van der Waals surface area contributed by atoms with E-state index in [0.717, 1.165) is 12.3 Å². The number of carbonyl (C=O) groups excluding carboxylic acids is 1. The highest BCUT2D eigenvalue weighted by molar-refractivity contribution is 5.84. The molecule has 0 saturated heterocycles. The molecule has 2 aliphatic rings. The van der Waals surface area contributed by atoms with Gasteiger partial charge < -0.3 is 15.7 Å². The molecule has 1 aromatic heterocycles. The molecule has 8 heteroatoms. The summed E-state index contributed by atoms with van der Waals surface area (Å²) in [6.45, 7) is 0.777. The maximum absolute atomic E-state index is 11.8. The van der Waals surface area contributed by atoms with Crippen molar-refractivity contribution in [3.63, 3.8) is 0 Å². The highest BCUT2D eigenvalue weighted by Crippen LogP contribution is 2.44. The molecule has 3 N–H and O–H groups in total. The zero-order chi connectivity index (χ0) is 14.8. The number of rotatable bonds is 5. The number of carbonyl (C=O) groups is 2. The monoisotopic (exact) mass is 293 g/mol. The van der Waals surface area contributed by atoms with Crippen molar-refractivity contribution in [1.29, 1.82) is 0 Å². The van der Waals surface area contributed by atoms with Crippen LogP contribution in [0.1, 0.15) is 36.2 Å². The van der Waals surface area contributed by atoms with E-state index in [1.54, 1.807) is 0 Å². The van der Waals surface area contributed by atoms with Crippen LogP contribution in [0.25, 0.3) is 0 Å². The van der Waals surface area contributed by atoms with E-state index in [1.807, 2.05) is 0 Å². The van der Waals surface area contributed by atoms with Crippen molar-refractivity contribution >= 4 is 12.0 Å². The van der Waals surface area contributed by atoms with Gasteiger partial charge in [-0.3, -0.25) is 0 Å². The van der Waals surface area contributed by atoms with Crippen LogP contribution in [-0.4, -0.2) is 44.7 Å². The van der Waals surface area contributed by atoms with Crippen LogP contribution in [0.15, 0.2) is 6.20 Å². The van der Waals surface area contributed by atoms with Crippen LogP contribution in [0, 0.1) is 11.8 Å². The summed E-state index contributed by atoms with van der Waals surface area (Å²) in [6.07, 6.45) is 6.23. The maximum atomic E-state index is 11.8. The molecule has 2 amide bonds. The summed E-state index contributed by atoms with van der Waals surface area (Å²) in [6, 6.07) is 0.153. The molecule has 3 rings (SSSR count). The van der Waals surface area contributed by atoms with Crippen LogP contribution in [0.2, 0.25) is 0 Å². The van der Waals surface area contributed by atoms with Gasteiger partial charge in [0.1, 0.15) is 0 Å². The van der Waals surface area contributed by atoms with E-state index in [-0.39, 0.29) is 11.7 Å². The second kappa shape index (κ2) is 5.71. The van der Waals surface area contributed by atoms with Crippen LogP contribution >= 0.6 is 0 Å². The summed E-state index contributed by atoms with van der Waals surface area (Å²) in [5.41, 5.74) is -0.0959. The highest BCUT2D eigenvalue weighted by atomic mass is 16.4. The number of urea groups is 1. The molecule has 1 heterocycles. The molecule has 21 heavy (non-hydrogen) atoms. The predicted molar refractivity (Wildman–Crippen MR) is 72.8 cm³/mol. The number of fused-ring (bicyclic) bond motifs is 2. The number of nitrogens with zero attached hydrogens (tertiary/aromatic N) is 3. The summed E-state index contributed by atoms with van der Waals surface area (Å²) in [5, 5.41) is 21.7. The number of nitrogens with one attached hydrogen (secondary N) is 2. The van der Waals surface area contributed by atoms with Gasteiger partial charge in [0.2, 0.25) is 0 Å². The maximum Gasteiger partial charge on any atom is 0.358 e. The average molecular weight is 293 g/mol. The lowest BCUT2D eigenvalue weighted by atomic mass is 9.95. The Morgan fingerprint density at radius 1 is 1.38 bits per heavy atom. The first-order chi connectivity index (χ1) is 10.1. The number of aromatic nitrogens is 3. The molecule has 0 aromatic carbocycles. The normalized spacial score (nSPS) is 26.8. The highest BCUT2D eigenvalue weighted by Gasteiger charge is 2.40. The van der Waals surface area contributed by atoms with Crippen molar-refractivity contribution in [3.8, 4) is 0 Å². The van der Waals surface area contributed by atoms with Gasteiger partial charge in [-0.15, -0.1) is 5.10 Å². The molecule has 2 bridgehead atoms. The van der Waals surface area contributed by atoms with Gasteiger partial charge in [0.05, 0.1) is 12.7 Å². The van der Waals surface area contributed by atoms with Crippen molar-refractivity contribution in [2.24, 2.45) is 11.8 Å². The van der Waals surface area contributed by atoms with E-state index in [9.17, 15) is 9.59 Å². The summed E-state index contributed by atoms with van der Waals surface area (Å²) in [4.78, 5) is 22.5. The SMILES string of the molecule is O=C(NCCn1cc(C(=O)O)nn1)NC1CC2CCC1C2. The molecule has 2 fully saturated rings. The van der Waals surface area contributed by atoms with E-state index in [4.69, 9.17) is 5.11 Å². The molecule has 0 aliphatic heterocycles. The zero-order valence-electron chi connectivity index (χ0n) is 11.7. The van der Waals surface area contributed by atoms with Crippen LogP contribution < -0.4 is 10.6 Å². The average Bonchev–Trinajstić information content (AvgIpc) is 3.13. The number of hydrogen-bond donors (Lipinski definition) is 3. The Balaban J connectivity index is 1.38.